The van der Waals surface area contributed by atoms with Gasteiger partial charge in [-0.1, -0.05) is 5.16 Å². The van der Waals surface area contributed by atoms with Crippen LogP contribution in [0.1, 0.15) is 0 Å². The average Bonchev–Trinajstić information content (AvgIpc) is 2.80. The molecule has 0 bridgehead atoms. The van der Waals surface area contributed by atoms with Crippen LogP contribution in [0.15, 0.2) is 34.2 Å². The lowest BCUT2D eigenvalue weighted by Gasteiger charge is -1.97. The molecular weight excluding hydrogens is 198 g/mol. The molecule has 0 saturated carbocycles. The molecule has 15 heavy (non-hydrogen) atoms. The molecule has 0 amide bonds. The van der Waals surface area contributed by atoms with E-state index < -0.39 is 0 Å². The van der Waals surface area contributed by atoms with Crippen molar-refractivity contribution in [3.8, 4) is 11.5 Å². The van der Waals surface area contributed by atoms with Gasteiger partial charge < -0.3 is 4.52 Å². The summed E-state index contributed by atoms with van der Waals surface area (Å²) in [7, 11) is 0. The first-order chi connectivity index (χ1) is 7.42. The van der Waals surface area contributed by atoms with E-state index in [0.29, 0.717) is 17.3 Å². The monoisotopic (exact) mass is 205 g/mol. The number of pyridine rings is 1. The highest BCUT2D eigenvalue weighted by atomic mass is 16.5. The molecule has 2 aromatic heterocycles. The number of rotatable bonds is 3. The highest BCUT2D eigenvalue weighted by molar-refractivity contribution is 5.70. The largest absolute Gasteiger partial charge is 0.334 e. The Balaban J connectivity index is 2.43. The quantitative estimate of drug-likeness (QED) is 0.436. The van der Waals surface area contributed by atoms with Gasteiger partial charge in [0.1, 0.15) is 6.34 Å². The molecule has 0 saturated heterocycles. The first-order valence-electron chi connectivity index (χ1n) is 4.06. The fourth-order valence-corrected chi connectivity index (χ4v) is 1.05. The van der Waals surface area contributed by atoms with Crippen LogP contribution in [0.4, 0.5) is 5.82 Å². The Morgan fingerprint density at radius 3 is 3.13 bits per heavy atom. The summed E-state index contributed by atoms with van der Waals surface area (Å²) in [5.41, 5.74) is 2.39. The van der Waals surface area contributed by atoms with Crippen molar-refractivity contribution in [2.45, 2.75) is 0 Å². The summed E-state index contributed by atoms with van der Waals surface area (Å²) in [5.74, 6) is 0.705. The zero-order valence-electron chi connectivity index (χ0n) is 7.53. The van der Waals surface area contributed by atoms with E-state index in [9.17, 15) is 0 Å². The lowest BCUT2D eigenvalue weighted by Crippen LogP contribution is -2.01. The van der Waals surface area contributed by atoms with Crippen molar-refractivity contribution in [1.29, 1.82) is 0 Å². The molecule has 0 fully saturated rings. The number of nitrogens with one attached hydrogen (secondary N) is 1. The molecule has 0 aliphatic heterocycles. The van der Waals surface area contributed by atoms with E-state index in [1.165, 1.54) is 6.33 Å². The molecule has 2 N–H and O–H groups in total. The van der Waals surface area contributed by atoms with Gasteiger partial charge in [-0.25, -0.2) is 9.98 Å². The highest BCUT2D eigenvalue weighted by Crippen LogP contribution is 2.25. The molecule has 0 unspecified atom stereocenters. The Morgan fingerprint density at radius 1 is 1.47 bits per heavy atom. The average molecular weight is 205 g/mol. The molecule has 2 heterocycles. The van der Waals surface area contributed by atoms with Crippen LogP contribution in [0.25, 0.3) is 11.5 Å². The van der Waals surface area contributed by atoms with E-state index in [1.807, 2.05) is 0 Å². The van der Waals surface area contributed by atoms with E-state index >= 15 is 0 Å². The molecule has 2 rings (SSSR count). The van der Waals surface area contributed by atoms with Crippen LogP contribution in [0, 0.1) is 0 Å². The van der Waals surface area contributed by atoms with Crippen LogP contribution in [-0.4, -0.2) is 26.7 Å². The molecule has 76 valence electrons. The third kappa shape index (κ3) is 1.97. The van der Waals surface area contributed by atoms with Gasteiger partial charge in [0.25, 0.3) is 5.89 Å². The van der Waals surface area contributed by atoms with Gasteiger partial charge in [0.2, 0.25) is 0 Å². The van der Waals surface area contributed by atoms with Crippen LogP contribution >= 0.6 is 0 Å². The van der Waals surface area contributed by atoms with Crippen molar-refractivity contribution in [2.24, 2.45) is 4.99 Å². The Kier molecular flexibility index (Phi) is 2.65. The van der Waals surface area contributed by atoms with E-state index in [1.54, 1.807) is 23.8 Å². The van der Waals surface area contributed by atoms with Gasteiger partial charge in [0.05, 0.1) is 5.56 Å². The Morgan fingerprint density at radius 2 is 2.40 bits per heavy atom. The van der Waals surface area contributed by atoms with Crippen LogP contribution in [0.2, 0.25) is 0 Å². The maximum Gasteiger partial charge on any atom is 0.261 e. The fourth-order valence-electron chi connectivity index (χ4n) is 1.05. The number of aromatic nitrogens is 3. The zero-order valence-corrected chi connectivity index (χ0v) is 7.53. The molecule has 0 aromatic carbocycles. The van der Waals surface area contributed by atoms with Crippen molar-refractivity contribution in [2.75, 3.05) is 0 Å². The number of aliphatic imine (C=N–C) groups is 1. The van der Waals surface area contributed by atoms with Gasteiger partial charge in [-0.2, -0.15) is 4.98 Å². The van der Waals surface area contributed by atoms with Crippen LogP contribution < -0.4 is 5.48 Å². The lowest BCUT2D eigenvalue weighted by molar-refractivity contribution is 0.240. The second kappa shape index (κ2) is 4.29. The third-order valence-electron chi connectivity index (χ3n) is 1.62. The normalized spacial score (nSPS) is 10.7. The fraction of sp³-hybridized carbons (Fsp3) is 0. The van der Waals surface area contributed by atoms with Gasteiger partial charge in [0, 0.05) is 6.20 Å². The number of nitrogens with zero attached hydrogens (tertiary/aromatic N) is 4. The molecule has 7 heteroatoms. The van der Waals surface area contributed by atoms with Gasteiger partial charge in [0.15, 0.2) is 12.1 Å². The number of hydroxylamine groups is 1. The first kappa shape index (κ1) is 9.28. The van der Waals surface area contributed by atoms with E-state index in [2.05, 4.69) is 20.1 Å². The molecule has 0 aliphatic carbocycles. The topological polar surface area (TPSA) is 96.4 Å². The van der Waals surface area contributed by atoms with Gasteiger partial charge in [-0.3, -0.25) is 10.7 Å². The SMILES string of the molecule is ON/C=N/c1ncccc1-c1ncno1. The van der Waals surface area contributed by atoms with E-state index in [4.69, 9.17) is 9.73 Å². The Bertz CT molecular complexity index is 454. The Labute approximate surface area is 84.5 Å². The van der Waals surface area contributed by atoms with Crippen LogP contribution in [0.5, 0.6) is 0 Å². The molecular formula is C8H7N5O2. The maximum atomic E-state index is 8.37. The van der Waals surface area contributed by atoms with Crippen molar-refractivity contribution >= 4 is 12.2 Å². The van der Waals surface area contributed by atoms with Crippen LogP contribution in [-0.2, 0) is 0 Å². The van der Waals surface area contributed by atoms with Crippen molar-refractivity contribution < 1.29 is 9.73 Å². The van der Waals surface area contributed by atoms with Gasteiger partial charge in [-0.15, -0.1) is 0 Å². The smallest absolute Gasteiger partial charge is 0.261 e. The van der Waals surface area contributed by atoms with E-state index in [0.717, 1.165) is 6.34 Å². The summed E-state index contributed by atoms with van der Waals surface area (Å²) in [4.78, 5) is 11.7. The molecule has 0 radical (unpaired) electrons. The molecule has 0 aliphatic rings. The van der Waals surface area contributed by atoms with Crippen LogP contribution in [0.3, 0.4) is 0 Å². The summed E-state index contributed by atoms with van der Waals surface area (Å²) in [6, 6.07) is 3.47. The number of hydrogen-bond acceptors (Lipinski definition) is 6. The maximum absolute atomic E-state index is 8.37. The predicted octanol–water partition coefficient (Wildman–Crippen LogP) is 0.770. The lowest BCUT2D eigenvalue weighted by atomic mass is 10.2. The summed E-state index contributed by atoms with van der Waals surface area (Å²) >= 11 is 0. The van der Waals surface area contributed by atoms with Crippen molar-refractivity contribution in [1.82, 2.24) is 20.6 Å². The number of hydrogen-bond donors (Lipinski definition) is 2. The summed E-state index contributed by atoms with van der Waals surface area (Å²) in [6.45, 7) is 0. The minimum atomic E-state index is 0.327. The molecule has 0 atom stereocenters. The second-order valence-electron chi connectivity index (χ2n) is 2.51. The van der Waals surface area contributed by atoms with Crippen molar-refractivity contribution in [3.05, 3.63) is 24.7 Å². The summed E-state index contributed by atoms with van der Waals surface area (Å²) in [6.07, 6.45) is 3.96. The minimum absolute atomic E-state index is 0.327. The zero-order chi connectivity index (χ0) is 10.5. The highest BCUT2D eigenvalue weighted by Gasteiger charge is 2.09. The van der Waals surface area contributed by atoms with Gasteiger partial charge in [-0.05, 0) is 12.1 Å². The summed E-state index contributed by atoms with van der Waals surface area (Å²) < 4.78 is 4.88. The van der Waals surface area contributed by atoms with Gasteiger partial charge >= 0.3 is 0 Å². The third-order valence-corrected chi connectivity index (χ3v) is 1.62. The molecule has 7 nitrogen and oxygen atoms in total. The summed E-state index contributed by atoms with van der Waals surface area (Å²) in [5, 5.41) is 11.9. The standard InChI is InChI=1S/C8H7N5O2/c14-12-4-10-7-6(2-1-3-9-7)8-11-5-13-15-8/h1-5,14H,(H,9,10,12). The second-order valence-corrected chi connectivity index (χ2v) is 2.51. The Hall–Kier alpha value is -2.28. The molecule has 2 aromatic rings. The van der Waals surface area contributed by atoms with Crippen molar-refractivity contribution in [3.63, 3.8) is 0 Å². The molecule has 0 spiro atoms. The predicted molar refractivity (Wildman–Crippen MR) is 50.6 cm³/mol. The first-order valence-corrected chi connectivity index (χ1v) is 4.06. The van der Waals surface area contributed by atoms with E-state index in [-0.39, 0.29) is 0 Å². The minimum Gasteiger partial charge on any atom is -0.334 e.